The van der Waals surface area contributed by atoms with Gasteiger partial charge in [-0.25, -0.2) is 0 Å². The van der Waals surface area contributed by atoms with E-state index in [9.17, 15) is 0 Å². The Morgan fingerprint density at radius 3 is 1.89 bits per heavy atom. The molecule has 2 nitrogen and oxygen atoms in total. The minimum atomic E-state index is 0.736. The normalized spacial score (nSPS) is 26.8. The zero-order valence-corrected chi connectivity index (χ0v) is 13.0. The topological polar surface area (TPSA) is 6.48 Å². The summed E-state index contributed by atoms with van der Waals surface area (Å²) in [4.78, 5) is 5.34. The van der Waals surface area contributed by atoms with Gasteiger partial charge in [-0.2, -0.15) is 0 Å². The Balaban J connectivity index is 1.72. The second-order valence-corrected chi connectivity index (χ2v) is 7.18. The molecule has 2 heteroatoms. The zero-order valence-electron chi connectivity index (χ0n) is 13.0. The van der Waals surface area contributed by atoms with E-state index in [0.29, 0.717) is 0 Å². The highest BCUT2D eigenvalue weighted by Gasteiger charge is 2.35. The molecule has 0 bridgehead atoms. The van der Waals surface area contributed by atoms with E-state index in [1.165, 1.54) is 39.0 Å². The fourth-order valence-corrected chi connectivity index (χ4v) is 3.50. The van der Waals surface area contributed by atoms with Crippen LogP contribution in [0.5, 0.6) is 0 Å². The van der Waals surface area contributed by atoms with E-state index < -0.39 is 0 Å². The standard InChI is InChI=1S/C16H32N2/c1-12(2)14(5)15-6-8-17(9-7-15)16-10-18(11-16)13(3)4/h12-16H,6-11H2,1-5H3. The highest BCUT2D eigenvalue weighted by molar-refractivity contribution is 4.91. The van der Waals surface area contributed by atoms with Crippen LogP contribution >= 0.6 is 0 Å². The summed E-state index contributed by atoms with van der Waals surface area (Å²) in [5, 5.41) is 0. The predicted molar refractivity (Wildman–Crippen MR) is 78.8 cm³/mol. The van der Waals surface area contributed by atoms with Crippen molar-refractivity contribution in [1.29, 1.82) is 0 Å². The van der Waals surface area contributed by atoms with Crippen molar-refractivity contribution in [3.63, 3.8) is 0 Å². The first kappa shape index (κ1) is 14.3. The summed E-state index contributed by atoms with van der Waals surface area (Å²) in [5.41, 5.74) is 0. The van der Waals surface area contributed by atoms with Crippen molar-refractivity contribution in [2.24, 2.45) is 17.8 Å². The molecule has 0 aromatic carbocycles. The summed E-state index contributed by atoms with van der Waals surface area (Å²) in [6.45, 7) is 17.1. The van der Waals surface area contributed by atoms with Gasteiger partial charge in [-0.15, -0.1) is 0 Å². The molecule has 0 radical (unpaired) electrons. The Morgan fingerprint density at radius 2 is 1.44 bits per heavy atom. The van der Waals surface area contributed by atoms with Crippen molar-refractivity contribution in [3.05, 3.63) is 0 Å². The van der Waals surface area contributed by atoms with Gasteiger partial charge in [0.05, 0.1) is 0 Å². The lowest BCUT2D eigenvalue weighted by atomic mass is 9.79. The third-order valence-corrected chi connectivity index (χ3v) is 5.51. The maximum Gasteiger partial charge on any atom is 0.0350 e. The van der Waals surface area contributed by atoms with Crippen LogP contribution in [0.15, 0.2) is 0 Å². The zero-order chi connectivity index (χ0) is 13.3. The molecule has 0 aromatic rings. The van der Waals surface area contributed by atoms with Gasteiger partial charge in [0.1, 0.15) is 0 Å². The molecule has 0 saturated carbocycles. The number of hydrogen-bond donors (Lipinski definition) is 0. The first-order valence-corrected chi connectivity index (χ1v) is 7.97. The molecule has 0 spiro atoms. The number of rotatable bonds is 4. The Morgan fingerprint density at radius 1 is 0.889 bits per heavy atom. The van der Waals surface area contributed by atoms with Crippen molar-refractivity contribution in [3.8, 4) is 0 Å². The van der Waals surface area contributed by atoms with Crippen LogP contribution in [0.3, 0.4) is 0 Å². The average molecular weight is 252 g/mol. The molecule has 1 unspecified atom stereocenters. The lowest BCUT2D eigenvalue weighted by Gasteiger charge is -2.50. The van der Waals surface area contributed by atoms with E-state index in [1.54, 1.807) is 0 Å². The van der Waals surface area contributed by atoms with Crippen LogP contribution in [0, 0.1) is 17.8 Å². The minimum absolute atomic E-state index is 0.736. The van der Waals surface area contributed by atoms with Gasteiger partial charge in [-0.3, -0.25) is 9.80 Å². The molecule has 106 valence electrons. The van der Waals surface area contributed by atoms with Gasteiger partial charge < -0.3 is 0 Å². The molecule has 0 amide bonds. The van der Waals surface area contributed by atoms with Crippen LogP contribution in [-0.4, -0.2) is 48.1 Å². The van der Waals surface area contributed by atoms with E-state index in [1.807, 2.05) is 0 Å². The Labute approximate surface area is 114 Å². The molecule has 1 atom stereocenters. The second-order valence-electron chi connectivity index (χ2n) is 7.18. The maximum atomic E-state index is 2.75. The van der Waals surface area contributed by atoms with Crippen LogP contribution in [0.25, 0.3) is 0 Å². The molecule has 2 aliphatic rings. The van der Waals surface area contributed by atoms with E-state index in [0.717, 1.165) is 29.8 Å². The molecule has 2 rings (SSSR count). The molecule has 0 N–H and O–H groups in total. The van der Waals surface area contributed by atoms with E-state index in [4.69, 9.17) is 0 Å². The van der Waals surface area contributed by atoms with Crippen molar-refractivity contribution in [2.75, 3.05) is 26.2 Å². The summed E-state index contributed by atoms with van der Waals surface area (Å²) in [6, 6.07) is 1.60. The average Bonchev–Trinajstić information content (AvgIpc) is 2.26. The SMILES string of the molecule is CC(C)C(C)C1CCN(C2CN(C(C)C)C2)CC1. The first-order valence-electron chi connectivity index (χ1n) is 7.97. The van der Waals surface area contributed by atoms with Crippen molar-refractivity contribution in [2.45, 2.75) is 59.5 Å². The number of hydrogen-bond acceptors (Lipinski definition) is 2. The van der Waals surface area contributed by atoms with E-state index in [-0.39, 0.29) is 0 Å². The van der Waals surface area contributed by atoms with Gasteiger partial charge in [0.2, 0.25) is 0 Å². The molecule has 2 saturated heterocycles. The minimum Gasteiger partial charge on any atom is -0.298 e. The lowest BCUT2D eigenvalue weighted by Crippen LogP contribution is -2.62. The van der Waals surface area contributed by atoms with Gasteiger partial charge in [0.15, 0.2) is 0 Å². The number of likely N-dealkylation sites (tertiary alicyclic amines) is 2. The van der Waals surface area contributed by atoms with Crippen molar-refractivity contribution in [1.82, 2.24) is 9.80 Å². The molecule has 0 aliphatic carbocycles. The highest BCUT2D eigenvalue weighted by Crippen LogP contribution is 2.31. The molecular weight excluding hydrogens is 220 g/mol. The van der Waals surface area contributed by atoms with Crippen molar-refractivity contribution < 1.29 is 0 Å². The first-order chi connectivity index (χ1) is 8.49. The Bertz CT molecular complexity index is 248. The monoisotopic (exact) mass is 252 g/mol. The summed E-state index contributed by atoms with van der Waals surface area (Å²) >= 11 is 0. The highest BCUT2D eigenvalue weighted by atomic mass is 15.3. The third-order valence-electron chi connectivity index (χ3n) is 5.51. The molecule has 2 heterocycles. The quantitative estimate of drug-likeness (QED) is 0.758. The van der Waals surface area contributed by atoms with Crippen LogP contribution < -0.4 is 0 Å². The van der Waals surface area contributed by atoms with Gasteiger partial charge in [-0.1, -0.05) is 20.8 Å². The second kappa shape index (κ2) is 5.92. The Kier molecular flexibility index (Phi) is 4.71. The summed E-state index contributed by atoms with van der Waals surface area (Å²) in [6.07, 6.45) is 2.86. The van der Waals surface area contributed by atoms with Crippen LogP contribution in [0.1, 0.15) is 47.5 Å². The fraction of sp³-hybridized carbons (Fsp3) is 1.00. The van der Waals surface area contributed by atoms with Gasteiger partial charge in [0.25, 0.3) is 0 Å². The van der Waals surface area contributed by atoms with Crippen LogP contribution in [0.2, 0.25) is 0 Å². The van der Waals surface area contributed by atoms with Gasteiger partial charge in [-0.05, 0) is 57.5 Å². The summed E-state index contributed by atoms with van der Waals surface area (Å²) in [5.74, 6) is 2.73. The predicted octanol–water partition coefficient (Wildman–Crippen LogP) is 3.08. The van der Waals surface area contributed by atoms with Gasteiger partial charge >= 0.3 is 0 Å². The smallest absolute Gasteiger partial charge is 0.0350 e. The summed E-state index contributed by atoms with van der Waals surface area (Å²) < 4.78 is 0. The third kappa shape index (κ3) is 3.08. The maximum absolute atomic E-state index is 2.75. The largest absolute Gasteiger partial charge is 0.298 e. The van der Waals surface area contributed by atoms with E-state index >= 15 is 0 Å². The van der Waals surface area contributed by atoms with E-state index in [2.05, 4.69) is 44.4 Å². The molecule has 0 aromatic heterocycles. The molecular formula is C16H32N2. The fourth-order valence-electron chi connectivity index (χ4n) is 3.50. The molecule has 2 fully saturated rings. The van der Waals surface area contributed by atoms with Crippen molar-refractivity contribution >= 4 is 0 Å². The summed E-state index contributed by atoms with van der Waals surface area (Å²) in [7, 11) is 0. The molecule has 18 heavy (non-hydrogen) atoms. The van der Waals surface area contributed by atoms with Crippen LogP contribution in [-0.2, 0) is 0 Å². The van der Waals surface area contributed by atoms with Gasteiger partial charge in [0, 0.05) is 25.2 Å². The molecule has 2 aliphatic heterocycles. The lowest BCUT2D eigenvalue weighted by molar-refractivity contribution is -0.00814. The van der Waals surface area contributed by atoms with Crippen LogP contribution in [0.4, 0.5) is 0 Å². The Hall–Kier alpha value is -0.0800. The number of nitrogens with zero attached hydrogens (tertiary/aromatic N) is 2. The number of piperidine rings is 1.